The van der Waals surface area contributed by atoms with Crippen molar-refractivity contribution < 1.29 is 14.3 Å². The quantitative estimate of drug-likeness (QED) is 0.623. The second-order valence-electron chi connectivity index (χ2n) is 7.86. The van der Waals surface area contributed by atoms with Gasteiger partial charge in [0.15, 0.2) is 0 Å². The van der Waals surface area contributed by atoms with Gasteiger partial charge in [0.2, 0.25) is 0 Å². The molecule has 0 radical (unpaired) electrons. The van der Waals surface area contributed by atoms with Crippen molar-refractivity contribution >= 4 is 35.3 Å². The van der Waals surface area contributed by atoms with Gasteiger partial charge in [0, 0.05) is 22.0 Å². The van der Waals surface area contributed by atoms with Crippen molar-refractivity contribution in [1.82, 2.24) is 5.32 Å². The van der Waals surface area contributed by atoms with E-state index >= 15 is 0 Å². The van der Waals surface area contributed by atoms with Gasteiger partial charge in [0.1, 0.15) is 5.60 Å². The second kappa shape index (κ2) is 9.09. The monoisotopic (exact) mass is 424 g/mol. The van der Waals surface area contributed by atoms with Crippen LogP contribution in [0.2, 0.25) is 0 Å². The van der Waals surface area contributed by atoms with E-state index in [1.807, 2.05) is 45.0 Å². The van der Waals surface area contributed by atoms with Crippen LogP contribution in [-0.4, -0.2) is 23.5 Å². The number of nitriles is 1. The first-order valence-corrected chi connectivity index (χ1v) is 10.6. The van der Waals surface area contributed by atoms with Crippen LogP contribution in [-0.2, 0) is 4.74 Å². The maximum Gasteiger partial charge on any atom is 0.412 e. The zero-order valence-corrected chi connectivity index (χ0v) is 17.9. The summed E-state index contributed by atoms with van der Waals surface area (Å²) in [4.78, 5) is 25.6. The average molecular weight is 425 g/mol. The summed E-state index contributed by atoms with van der Waals surface area (Å²) in [5, 5.41) is 17.4. The number of benzene rings is 2. The molecule has 3 amide bonds. The summed E-state index contributed by atoms with van der Waals surface area (Å²) in [6.07, 6.45) is 0.253. The van der Waals surface area contributed by atoms with Crippen LogP contribution in [0.1, 0.15) is 44.4 Å². The minimum atomic E-state index is -0.582. The summed E-state index contributed by atoms with van der Waals surface area (Å²) < 4.78 is 5.30. The number of anilines is 2. The van der Waals surface area contributed by atoms with Crippen molar-refractivity contribution in [2.45, 2.75) is 43.7 Å². The van der Waals surface area contributed by atoms with Gasteiger partial charge in [-0.25, -0.2) is 9.59 Å². The van der Waals surface area contributed by atoms with Crippen molar-refractivity contribution in [2.24, 2.45) is 0 Å². The largest absolute Gasteiger partial charge is 0.444 e. The van der Waals surface area contributed by atoms with Gasteiger partial charge in [0.05, 0.1) is 17.7 Å². The topological polar surface area (TPSA) is 103 Å². The minimum absolute atomic E-state index is 0.181. The van der Waals surface area contributed by atoms with E-state index in [2.05, 4.69) is 16.0 Å². The Kier molecular flexibility index (Phi) is 6.53. The third-order valence-electron chi connectivity index (χ3n) is 4.27. The summed E-state index contributed by atoms with van der Waals surface area (Å²) in [5.41, 5.74) is 2.13. The summed E-state index contributed by atoms with van der Waals surface area (Å²) >= 11 is 1.72. The third kappa shape index (κ3) is 5.91. The lowest BCUT2D eigenvalue weighted by Crippen LogP contribution is -2.34. The van der Waals surface area contributed by atoms with E-state index in [4.69, 9.17) is 10.00 Å². The zero-order chi connectivity index (χ0) is 21.7. The lowest BCUT2D eigenvalue weighted by molar-refractivity contribution is 0.0636. The zero-order valence-electron chi connectivity index (χ0n) is 17.1. The van der Waals surface area contributed by atoms with Gasteiger partial charge in [-0.15, -0.1) is 11.8 Å². The van der Waals surface area contributed by atoms with E-state index in [0.29, 0.717) is 16.9 Å². The molecule has 0 unspecified atom stereocenters. The molecular formula is C22H24N4O3S. The standard InChI is InChI=1S/C22H24N4O3S/c1-22(2,3)29-21(28)25-16-8-9-19-17(12-16)18(10-11-30-19)26-20(27)24-15-6-4-14(13-23)5-7-15/h4-9,12,18H,10-11H2,1-3H3,(H,25,28)(H2,24,26,27)/t18-/m1/s1. The number of urea groups is 1. The molecule has 0 aromatic heterocycles. The predicted octanol–water partition coefficient (Wildman–Crippen LogP) is 5.26. The van der Waals surface area contributed by atoms with Gasteiger partial charge < -0.3 is 15.4 Å². The molecule has 0 fully saturated rings. The Hall–Kier alpha value is -3.18. The van der Waals surface area contributed by atoms with Gasteiger partial charge in [-0.1, -0.05) is 0 Å². The van der Waals surface area contributed by atoms with Crippen LogP contribution in [0.25, 0.3) is 0 Å². The molecule has 1 atom stereocenters. The van der Waals surface area contributed by atoms with Crippen LogP contribution in [0.3, 0.4) is 0 Å². The average Bonchev–Trinajstić information content (AvgIpc) is 2.67. The number of ether oxygens (including phenoxy) is 1. The molecule has 0 spiro atoms. The van der Waals surface area contributed by atoms with Crippen molar-refractivity contribution in [3.05, 3.63) is 53.6 Å². The molecule has 3 N–H and O–H groups in total. The fraction of sp³-hybridized carbons (Fsp3) is 0.318. The SMILES string of the molecule is CC(C)(C)OC(=O)Nc1ccc2c(c1)[C@H](NC(=O)Nc1ccc(C#N)cc1)CCS2. The predicted molar refractivity (Wildman–Crippen MR) is 118 cm³/mol. The molecule has 2 aromatic carbocycles. The van der Waals surface area contributed by atoms with Crippen LogP contribution in [0.5, 0.6) is 0 Å². The highest BCUT2D eigenvalue weighted by Gasteiger charge is 2.24. The molecular weight excluding hydrogens is 400 g/mol. The van der Waals surface area contributed by atoms with Crippen LogP contribution in [0.15, 0.2) is 47.4 Å². The highest BCUT2D eigenvalue weighted by Crippen LogP contribution is 2.37. The van der Waals surface area contributed by atoms with E-state index in [1.165, 1.54) is 0 Å². The molecule has 30 heavy (non-hydrogen) atoms. The van der Waals surface area contributed by atoms with Gasteiger partial charge in [-0.3, -0.25) is 5.32 Å². The maximum atomic E-state index is 12.5. The Morgan fingerprint density at radius 2 is 1.80 bits per heavy atom. The number of nitrogens with one attached hydrogen (secondary N) is 3. The Morgan fingerprint density at radius 3 is 2.47 bits per heavy atom. The Morgan fingerprint density at radius 1 is 1.10 bits per heavy atom. The number of fused-ring (bicyclic) bond motifs is 1. The normalized spacial score (nSPS) is 15.3. The molecule has 1 aliphatic heterocycles. The molecule has 8 heteroatoms. The molecule has 7 nitrogen and oxygen atoms in total. The lowest BCUT2D eigenvalue weighted by atomic mass is 10.0. The summed E-state index contributed by atoms with van der Waals surface area (Å²) in [7, 11) is 0. The van der Waals surface area contributed by atoms with Crippen molar-refractivity contribution in [3.8, 4) is 6.07 Å². The highest BCUT2D eigenvalue weighted by molar-refractivity contribution is 7.99. The number of nitrogens with zero attached hydrogens (tertiary/aromatic N) is 1. The van der Waals surface area contributed by atoms with E-state index in [-0.39, 0.29) is 12.1 Å². The number of carbonyl (C=O) groups excluding carboxylic acids is 2. The Bertz CT molecular complexity index is 977. The fourth-order valence-electron chi connectivity index (χ4n) is 3.00. The molecule has 1 heterocycles. The van der Waals surface area contributed by atoms with Crippen LogP contribution >= 0.6 is 11.8 Å². The van der Waals surface area contributed by atoms with E-state index in [0.717, 1.165) is 22.6 Å². The van der Waals surface area contributed by atoms with Crippen molar-refractivity contribution in [2.75, 3.05) is 16.4 Å². The van der Waals surface area contributed by atoms with Crippen molar-refractivity contribution in [1.29, 1.82) is 5.26 Å². The number of hydrogen-bond donors (Lipinski definition) is 3. The van der Waals surface area contributed by atoms with Crippen LogP contribution < -0.4 is 16.0 Å². The molecule has 0 saturated heterocycles. The molecule has 2 aromatic rings. The van der Waals surface area contributed by atoms with Crippen molar-refractivity contribution in [3.63, 3.8) is 0 Å². The number of amides is 3. The number of carbonyl (C=O) groups is 2. The first-order chi connectivity index (χ1) is 14.2. The van der Waals surface area contributed by atoms with Gasteiger partial charge in [-0.05, 0) is 75.2 Å². The lowest BCUT2D eigenvalue weighted by Gasteiger charge is -2.27. The maximum absolute atomic E-state index is 12.5. The molecule has 156 valence electrons. The van der Waals surface area contributed by atoms with Crippen LogP contribution in [0.4, 0.5) is 21.0 Å². The number of hydrogen-bond acceptors (Lipinski definition) is 5. The Labute approximate surface area is 180 Å². The van der Waals surface area contributed by atoms with Crippen LogP contribution in [0, 0.1) is 11.3 Å². The molecule has 0 aliphatic carbocycles. The number of rotatable bonds is 3. The minimum Gasteiger partial charge on any atom is -0.444 e. The van der Waals surface area contributed by atoms with E-state index < -0.39 is 11.7 Å². The van der Waals surface area contributed by atoms with Gasteiger partial charge >= 0.3 is 12.1 Å². The highest BCUT2D eigenvalue weighted by atomic mass is 32.2. The van der Waals surface area contributed by atoms with Gasteiger partial charge in [-0.2, -0.15) is 5.26 Å². The second-order valence-corrected chi connectivity index (χ2v) is 8.99. The third-order valence-corrected chi connectivity index (χ3v) is 5.39. The molecule has 3 rings (SSSR count). The first-order valence-electron chi connectivity index (χ1n) is 9.58. The fourth-order valence-corrected chi connectivity index (χ4v) is 4.10. The summed E-state index contributed by atoms with van der Waals surface area (Å²) in [5.74, 6) is 0.883. The smallest absolute Gasteiger partial charge is 0.412 e. The Balaban J connectivity index is 1.68. The van der Waals surface area contributed by atoms with E-state index in [1.54, 1.807) is 36.0 Å². The summed E-state index contributed by atoms with van der Waals surface area (Å²) in [6.45, 7) is 5.42. The molecule has 0 bridgehead atoms. The summed E-state index contributed by atoms with van der Waals surface area (Å²) in [6, 6.07) is 13.9. The first kappa shape index (κ1) is 21.5. The van der Waals surface area contributed by atoms with E-state index in [9.17, 15) is 9.59 Å². The number of thioether (sulfide) groups is 1. The molecule has 0 saturated carbocycles. The van der Waals surface area contributed by atoms with Gasteiger partial charge in [0.25, 0.3) is 0 Å². The molecule has 1 aliphatic rings.